The Hall–Kier alpha value is -3.06. The minimum absolute atomic E-state index is 0.397. The van der Waals surface area contributed by atoms with Crippen LogP contribution in [-0.2, 0) is 4.79 Å². The van der Waals surface area contributed by atoms with Crippen molar-refractivity contribution < 1.29 is 14.3 Å². The topological polar surface area (TPSA) is 87.9 Å². The monoisotopic (exact) mass is 368 g/mol. The number of nitrogens with zero attached hydrogens (tertiary/aromatic N) is 2. The van der Waals surface area contributed by atoms with Crippen LogP contribution in [0.3, 0.4) is 0 Å². The third-order valence-electron chi connectivity index (χ3n) is 4.73. The fraction of sp³-hybridized carbons (Fsp3) is 0.300. The van der Waals surface area contributed by atoms with Gasteiger partial charge in [-0.2, -0.15) is 0 Å². The fourth-order valence-electron chi connectivity index (χ4n) is 3.38. The lowest BCUT2D eigenvalue weighted by atomic mass is 10.0. The Bertz CT molecular complexity index is 772. The second-order valence-electron chi connectivity index (χ2n) is 6.39. The molecule has 7 nitrogen and oxygen atoms in total. The van der Waals surface area contributed by atoms with Crippen molar-refractivity contribution >= 4 is 17.6 Å². The highest BCUT2D eigenvalue weighted by atomic mass is 16.5. The molecule has 27 heavy (non-hydrogen) atoms. The van der Waals surface area contributed by atoms with E-state index in [2.05, 4.69) is 15.1 Å². The second-order valence-corrected chi connectivity index (χ2v) is 6.39. The van der Waals surface area contributed by atoms with Crippen LogP contribution < -0.4 is 20.7 Å². The molecule has 0 saturated carbocycles. The highest BCUT2D eigenvalue weighted by Gasteiger charge is 2.31. The quantitative estimate of drug-likeness (QED) is 0.840. The molecule has 1 unspecified atom stereocenters. The van der Waals surface area contributed by atoms with Crippen molar-refractivity contribution in [1.29, 1.82) is 0 Å². The maximum absolute atomic E-state index is 12.6. The Balaban J connectivity index is 1.71. The van der Waals surface area contributed by atoms with Gasteiger partial charge in [-0.25, -0.2) is 4.79 Å². The zero-order chi connectivity index (χ0) is 19.2. The third kappa shape index (κ3) is 4.57. The largest absolute Gasteiger partial charge is 0.497 e. The molecule has 3 N–H and O–H groups in total. The van der Waals surface area contributed by atoms with Gasteiger partial charge in [0.2, 0.25) is 5.91 Å². The zero-order valence-electron chi connectivity index (χ0n) is 15.3. The van der Waals surface area contributed by atoms with Crippen molar-refractivity contribution in [3.63, 3.8) is 0 Å². The lowest BCUT2D eigenvalue weighted by Crippen LogP contribution is -2.52. The van der Waals surface area contributed by atoms with E-state index in [0.29, 0.717) is 13.1 Å². The van der Waals surface area contributed by atoms with Gasteiger partial charge in [-0.1, -0.05) is 30.3 Å². The fourth-order valence-corrected chi connectivity index (χ4v) is 3.38. The number of ether oxygens (including phenoxy) is 1. The van der Waals surface area contributed by atoms with Gasteiger partial charge in [0, 0.05) is 31.9 Å². The van der Waals surface area contributed by atoms with Crippen molar-refractivity contribution in [3.05, 3.63) is 60.2 Å². The minimum Gasteiger partial charge on any atom is -0.497 e. The van der Waals surface area contributed by atoms with E-state index < -0.39 is 18.0 Å². The van der Waals surface area contributed by atoms with Crippen LogP contribution in [0, 0.1) is 0 Å². The van der Waals surface area contributed by atoms with Crippen molar-refractivity contribution in [2.75, 3.05) is 38.2 Å². The van der Waals surface area contributed by atoms with Crippen LogP contribution >= 0.6 is 0 Å². The summed E-state index contributed by atoms with van der Waals surface area (Å²) in [7, 11) is 1.65. The van der Waals surface area contributed by atoms with Crippen molar-refractivity contribution in [2.45, 2.75) is 6.04 Å². The van der Waals surface area contributed by atoms with Gasteiger partial charge in [-0.05, 0) is 29.8 Å². The van der Waals surface area contributed by atoms with E-state index in [9.17, 15) is 9.59 Å². The van der Waals surface area contributed by atoms with Crippen LogP contribution in [0.4, 0.5) is 10.5 Å². The molecular weight excluding hydrogens is 344 g/mol. The Morgan fingerprint density at radius 1 is 1.00 bits per heavy atom. The van der Waals surface area contributed by atoms with Gasteiger partial charge in [-0.3, -0.25) is 15.0 Å². The van der Waals surface area contributed by atoms with Crippen LogP contribution in [0.1, 0.15) is 11.6 Å². The first-order chi connectivity index (χ1) is 13.1. The first-order valence-electron chi connectivity index (χ1n) is 8.87. The van der Waals surface area contributed by atoms with Gasteiger partial charge in [0.05, 0.1) is 7.11 Å². The standard InChI is InChI=1S/C20H24N4O3/c1-27-17-9-7-16(8-10-17)23-11-13-24(14-12-23)18(19(25)22-20(21)26)15-5-3-2-4-6-15/h2-10,18H,11-14H2,1H3,(H3,21,22,25,26). The zero-order valence-corrected chi connectivity index (χ0v) is 15.3. The Labute approximate surface area is 158 Å². The Kier molecular flexibility index (Phi) is 5.93. The predicted octanol–water partition coefficient (Wildman–Crippen LogP) is 1.75. The van der Waals surface area contributed by atoms with Crippen LogP contribution in [0.5, 0.6) is 5.75 Å². The van der Waals surface area contributed by atoms with Crippen molar-refractivity contribution in [3.8, 4) is 5.75 Å². The van der Waals surface area contributed by atoms with Gasteiger partial charge >= 0.3 is 6.03 Å². The SMILES string of the molecule is COc1ccc(N2CCN(C(C(=O)NC(N)=O)c3ccccc3)CC2)cc1. The molecule has 1 atom stereocenters. The Morgan fingerprint density at radius 3 is 2.19 bits per heavy atom. The van der Waals surface area contributed by atoms with E-state index in [1.54, 1.807) is 7.11 Å². The molecule has 3 rings (SSSR count). The molecule has 2 aromatic rings. The molecule has 0 radical (unpaired) electrons. The summed E-state index contributed by atoms with van der Waals surface area (Å²) in [6.07, 6.45) is 0. The summed E-state index contributed by atoms with van der Waals surface area (Å²) in [6.45, 7) is 2.94. The number of benzene rings is 2. The lowest BCUT2D eigenvalue weighted by Gasteiger charge is -2.39. The number of nitrogens with two attached hydrogens (primary N) is 1. The van der Waals surface area contributed by atoms with E-state index in [1.807, 2.05) is 54.6 Å². The molecule has 1 aliphatic rings. The first kappa shape index (κ1) is 18.7. The molecule has 1 heterocycles. The number of piperazine rings is 1. The molecule has 0 aliphatic carbocycles. The molecule has 7 heteroatoms. The summed E-state index contributed by atoms with van der Waals surface area (Å²) >= 11 is 0. The number of urea groups is 1. The smallest absolute Gasteiger partial charge is 0.318 e. The van der Waals surface area contributed by atoms with Gasteiger partial charge in [0.1, 0.15) is 11.8 Å². The molecular formula is C20H24N4O3. The average molecular weight is 368 g/mol. The average Bonchev–Trinajstić information content (AvgIpc) is 2.69. The number of methoxy groups -OCH3 is 1. The Morgan fingerprint density at radius 2 is 1.63 bits per heavy atom. The number of anilines is 1. The molecule has 1 aliphatic heterocycles. The molecule has 142 valence electrons. The van der Waals surface area contributed by atoms with Crippen molar-refractivity contribution in [1.82, 2.24) is 10.2 Å². The summed E-state index contributed by atoms with van der Waals surface area (Å²) in [5, 5.41) is 2.22. The molecule has 1 fully saturated rings. The normalized spacial score (nSPS) is 15.8. The molecule has 0 bridgehead atoms. The number of carbonyl (C=O) groups is 2. The lowest BCUT2D eigenvalue weighted by molar-refractivity contribution is -0.125. The number of amides is 3. The number of carbonyl (C=O) groups excluding carboxylic acids is 2. The third-order valence-corrected chi connectivity index (χ3v) is 4.73. The van der Waals surface area contributed by atoms with Crippen LogP contribution in [0.2, 0.25) is 0 Å². The summed E-state index contributed by atoms with van der Waals surface area (Å²) in [5.74, 6) is 0.427. The van der Waals surface area contributed by atoms with Crippen LogP contribution in [-0.4, -0.2) is 50.1 Å². The van der Waals surface area contributed by atoms with Gasteiger partial charge in [0.15, 0.2) is 0 Å². The van der Waals surface area contributed by atoms with Gasteiger partial charge in [0.25, 0.3) is 0 Å². The number of imide groups is 1. The van der Waals surface area contributed by atoms with Crippen molar-refractivity contribution in [2.24, 2.45) is 5.73 Å². The first-order valence-corrected chi connectivity index (χ1v) is 8.87. The van der Waals surface area contributed by atoms with Gasteiger partial charge < -0.3 is 15.4 Å². The molecule has 2 aromatic carbocycles. The number of rotatable bonds is 5. The summed E-state index contributed by atoms with van der Waals surface area (Å²) in [4.78, 5) is 28.1. The second kappa shape index (κ2) is 8.55. The van der Waals surface area contributed by atoms with E-state index in [0.717, 1.165) is 30.1 Å². The molecule has 0 spiro atoms. The van der Waals surface area contributed by atoms with E-state index >= 15 is 0 Å². The summed E-state index contributed by atoms with van der Waals surface area (Å²) < 4.78 is 5.20. The minimum atomic E-state index is -0.835. The number of primary amides is 1. The maximum Gasteiger partial charge on any atom is 0.318 e. The molecule has 1 saturated heterocycles. The number of hydrogen-bond acceptors (Lipinski definition) is 5. The number of nitrogens with one attached hydrogen (secondary N) is 1. The van der Waals surface area contributed by atoms with E-state index in [1.165, 1.54) is 0 Å². The molecule has 0 aromatic heterocycles. The summed E-state index contributed by atoms with van der Waals surface area (Å²) in [5.41, 5.74) is 7.11. The highest BCUT2D eigenvalue weighted by molar-refractivity contribution is 5.96. The number of hydrogen-bond donors (Lipinski definition) is 2. The highest BCUT2D eigenvalue weighted by Crippen LogP contribution is 2.25. The van der Waals surface area contributed by atoms with Crippen LogP contribution in [0.25, 0.3) is 0 Å². The van der Waals surface area contributed by atoms with E-state index in [4.69, 9.17) is 10.5 Å². The molecule has 3 amide bonds. The maximum atomic E-state index is 12.6. The summed E-state index contributed by atoms with van der Waals surface area (Å²) in [6, 6.07) is 16.0. The van der Waals surface area contributed by atoms with Crippen LogP contribution in [0.15, 0.2) is 54.6 Å². The predicted molar refractivity (Wildman–Crippen MR) is 104 cm³/mol. The van der Waals surface area contributed by atoms with Gasteiger partial charge in [-0.15, -0.1) is 0 Å². The van der Waals surface area contributed by atoms with E-state index in [-0.39, 0.29) is 0 Å².